The number of hydrogen-bond acceptors (Lipinski definition) is 2. The molecule has 0 aromatic heterocycles. The first-order valence-corrected chi connectivity index (χ1v) is 7.98. The van der Waals surface area contributed by atoms with E-state index in [1.54, 1.807) is 7.11 Å². The van der Waals surface area contributed by atoms with E-state index in [2.05, 4.69) is 52.4 Å². The van der Waals surface area contributed by atoms with Crippen LogP contribution in [0.4, 0.5) is 0 Å². The zero-order valence-corrected chi connectivity index (χ0v) is 14.8. The third-order valence-corrected chi connectivity index (χ3v) is 4.46. The molecule has 0 saturated carbocycles. The predicted octanol–water partition coefficient (Wildman–Crippen LogP) is 4.92. The van der Waals surface area contributed by atoms with E-state index < -0.39 is 0 Å². The number of likely N-dealkylation sites (N-methyl/N-ethyl adjacent to an activating group) is 1. The molecule has 0 bridgehead atoms. The van der Waals surface area contributed by atoms with Crippen molar-refractivity contribution in [2.75, 3.05) is 14.2 Å². The van der Waals surface area contributed by atoms with Gasteiger partial charge in [-0.2, -0.15) is 0 Å². The van der Waals surface area contributed by atoms with Crippen molar-refractivity contribution in [2.45, 2.75) is 19.4 Å². The second-order valence-electron chi connectivity index (χ2n) is 4.98. The summed E-state index contributed by atoms with van der Waals surface area (Å²) in [6.07, 6.45) is 0.881. The molecule has 0 radical (unpaired) electrons. The van der Waals surface area contributed by atoms with Gasteiger partial charge in [0.25, 0.3) is 0 Å². The van der Waals surface area contributed by atoms with E-state index in [0.29, 0.717) is 5.02 Å². The fourth-order valence-corrected chi connectivity index (χ4v) is 3.48. The van der Waals surface area contributed by atoms with Crippen LogP contribution in [-0.4, -0.2) is 14.2 Å². The molecule has 1 atom stereocenters. The monoisotopic (exact) mass is 367 g/mol. The summed E-state index contributed by atoms with van der Waals surface area (Å²) in [5.74, 6) is 0.826. The van der Waals surface area contributed by atoms with E-state index in [9.17, 15) is 0 Å². The lowest BCUT2D eigenvalue weighted by Crippen LogP contribution is -2.20. The lowest BCUT2D eigenvalue weighted by Gasteiger charge is -2.21. The molecule has 0 aliphatic rings. The van der Waals surface area contributed by atoms with Crippen LogP contribution in [-0.2, 0) is 6.42 Å². The number of halogens is 2. The van der Waals surface area contributed by atoms with Crippen LogP contribution in [0.3, 0.4) is 0 Å². The molecule has 0 aliphatic heterocycles. The van der Waals surface area contributed by atoms with Crippen molar-refractivity contribution in [2.24, 2.45) is 0 Å². The van der Waals surface area contributed by atoms with Gasteiger partial charge in [0.05, 0.1) is 11.6 Å². The molecule has 1 unspecified atom stereocenters. The van der Waals surface area contributed by atoms with E-state index in [1.807, 2.05) is 19.2 Å². The van der Waals surface area contributed by atoms with Crippen molar-refractivity contribution in [3.63, 3.8) is 0 Å². The lowest BCUT2D eigenvalue weighted by molar-refractivity contribution is 0.398. The Morgan fingerprint density at radius 2 is 2.00 bits per heavy atom. The minimum atomic E-state index is 0.135. The Morgan fingerprint density at radius 1 is 1.29 bits per heavy atom. The molecule has 2 aromatic carbocycles. The largest absolute Gasteiger partial charge is 0.495 e. The summed E-state index contributed by atoms with van der Waals surface area (Å²) >= 11 is 9.72. The van der Waals surface area contributed by atoms with E-state index in [4.69, 9.17) is 16.3 Å². The first-order valence-electron chi connectivity index (χ1n) is 6.81. The van der Waals surface area contributed by atoms with Gasteiger partial charge in [0.2, 0.25) is 0 Å². The maximum Gasteiger partial charge on any atom is 0.137 e. The van der Waals surface area contributed by atoms with Crippen LogP contribution in [0.2, 0.25) is 5.02 Å². The van der Waals surface area contributed by atoms with Crippen LogP contribution in [0, 0.1) is 6.92 Å². The number of ether oxygens (including phenoxy) is 1. The van der Waals surface area contributed by atoms with Gasteiger partial charge in [0, 0.05) is 16.6 Å². The highest BCUT2D eigenvalue weighted by Crippen LogP contribution is 2.37. The smallest absolute Gasteiger partial charge is 0.137 e. The second-order valence-corrected chi connectivity index (χ2v) is 6.27. The van der Waals surface area contributed by atoms with Gasteiger partial charge < -0.3 is 10.1 Å². The van der Waals surface area contributed by atoms with Gasteiger partial charge >= 0.3 is 0 Å². The standard InChI is InChI=1S/C17H19BrClNO/c1-11-6-4-5-7-12(11)8-16(20-2)14-9-13(19)10-15(18)17(14)21-3/h4-7,9-10,16,20H,8H2,1-3H3. The van der Waals surface area contributed by atoms with Crippen molar-refractivity contribution in [3.05, 3.63) is 62.6 Å². The van der Waals surface area contributed by atoms with Crippen LogP contribution in [0.1, 0.15) is 22.7 Å². The Hall–Kier alpha value is -1.03. The molecule has 2 rings (SSSR count). The summed E-state index contributed by atoms with van der Waals surface area (Å²) in [7, 11) is 3.63. The molecule has 0 aliphatic carbocycles. The van der Waals surface area contributed by atoms with E-state index in [1.165, 1.54) is 11.1 Å². The lowest BCUT2D eigenvalue weighted by atomic mass is 9.95. The van der Waals surface area contributed by atoms with Crippen molar-refractivity contribution < 1.29 is 4.74 Å². The number of aryl methyl sites for hydroxylation is 1. The molecular weight excluding hydrogens is 350 g/mol. The molecular formula is C17H19BrClNO. The molecule has 0 amide bonds. The minimum absolute atomic E-state index is 0.135. The molecule has 2 nitrogen and oxygen atoms in total. The van der Waals surface area contributed by atoms with Gasteiger partial charge in [-0.05, 0) is 59.6 Å². The second kappa shape index (κ2) is 7.30. The number of nitrogens with one attached hydrogen (secondary N) is 1. The summed E-state index contributed by atoms with van der Waals surface area (Å²) in [5.41, 5.74) is 3.66. The fourth-order valence-electron chi connectivity index (χ4n) is 2.48. The SMILES string of the molecule is CNC(Cc1ccccc1C)c1cc(Cl)cc(Br)c1OC. The predicted molar refractivity (Wildman–Crippen MR) is 92.4 cm³/mol. The van der Waals surface area contributed by atoms with Crippen molar-refractivity contribution in [1.82, 2.24) is 5.32 Å². The van der Waals surface area contributed by atoms with Gasteiger partial charge in [-0.25, -0.2) is 0 Å². The fraction of sp³-hybridized carbons (Fsp3) is 0.294. The van der Waals surface area contributed by atoms with Gasteiger partial charge in [-0.1, -0.05) is 35.9 Å². The molecule has 0 spiro atoms. The summed E-state index contributed by atoms with van der Waals surface area (Å²) in [5, 5.41) is 4.06. The third-order valence-electron chi connectivity index (χ3n) is 3.65. The topological polar surface area (TPSA) is 21.3 Å². The average molecular weight is 369 g/mol. The Balaban J connectivity index is 2.40. The zero-order chi connectivity index (χ0) is 15.4. The average Bonchev–Trinajstić information content (AvgIpc) is 2.45. The Morgan fingerprint density at radius 3 is 2.62 bits per heavy atom. The molecule has 21 heavy (non-hydrogen) atoms. The summed E-state index contributed by atoms with van der Waals surface area (Å²) in [6, 6.07) is 12.4. The quantitative estimate of drug-likeness (QED) is 0.808. The Kier molecular flexibility index (Phi) is 5.68. The highest BCUT2D eigenvalue weighted by Gasteiger charge is 2.19. The highest BCUT2D eigenvalue weighted by atomic mass is 79.9. The van der Waals surface area contributed by atoms with Gasteiger partial charge in [0.15, 0.2) is 0 Å². The third kappa shape index (κ3) is 3.79. The molecule has 1 N–H and O–H groups in total. The maximum atomic E-state index is 6.20. The molecule has 2 aromatic rings. The van der Waals surface area contributed by atoms with Gasteiger partial charge in [-0.15, -0.1) is 0 Å². The summed E-state index contributed by atoms with van der Waals surface area (Å²) in [4.78, 5) is 0. The Labute approximate surface area is 139 Å². The van der Waals surface area contributed by atoms with Gasteiger partial charge in [-0.3, -0.25) is 0 Å². The minimum Gasteiger partial charge on any atom is -0.495 e. The van der Waals surface area contributed by atoms with Gasteiger partial charge in [0.1, 0.15) is 5.75 Å². The zero-order valence-electron chi connectivity index (χ0n) is 12.4. The van der Waals surface area contributed by atoms with Crippen molar-refractivity contribution >= 4 is 27.5 Å². The first-order chi connectivity index (χ1) is 10.1. The highest BCUT2D eigenvalue weighted by molar-refractivity contribution is 9.10. The molecule has 0 saturated heterocycles. The molecule has 0 heterocycles. The first kappa shape index (κ1) is 16.3. The number of methoxy groups -OCH3 is 1. The van der Waals surface area contributed by atoms with E-state index in [0.717, 1.165) is 22.2 Å². The van der Waals surface area contributed by atoms with Crippen molar-refractivity contribution in [1.29, 1.82) is 0 Å². The van der Waals surface area contributed by atoms with Crippen LogP contribution in [0.25, 0.3) is 0 Å². The van der Waals surface area contributed by atoms with Crippen molar-refractivity contribution in [3.8, 4) is 5.75 Å². The van der Waals surface area contributed by atoms with Crippen LogP contribution >= 0.6 is 27.5 Å². The Bertz CT molecular complexity index is 630. The van der Waals surface area contributed by atoms with Crippen LogP contribution in [0.15, 0.2) is 40.9 Å². The molecule has 0 fully saturated rings. The number of benzene rings is 2. The normalized spacial score (nSPS) is 12.2. The summed E-state index contributed by atoms with van der Waals surface area (Å²) < 4.78 is 6.41. The summed E-state index contributed by atoms with van der Waals surface area (Å²) in [6.45, 7) is 2.13. The number of hydrogen-bond donors (Lipinski definition) is 1. The maximum absolute atomic E-state index is 6.20. The van der Waals surface area contributed by atoms with E-state index in [-0.39, 0.29) is 6.04 Å². The molecule has 112 valence electrons. The molecule has 4 heteroatoms. The van der Waals surface area contributed by atoms with E-state index >= 15 is 0 Å². The number of rotatable bonds is 5. The van der Waals surface area contributed by atoms with Crippen LogP contribution in [0.5, 0.6) is 5.75 Å². The van der Waals surface area contributed by atoms with Crippen LogP contribution < -0.4 is 10.1 Å².